The quantitative estimate of drug-likeness (QED) is 0.518. The zero-order valence-electron chi connectivity index (χ0n) is 16.3. The monoisotopic (exact) mass is 405 g/mol. The number of amides is 1. The lowest BCUT2D eigenvalue weighted by atomic mass is 10.1. The molecule has 0 aliphatic carbocycles. The van der Waals surface area contributed by atoms with Gasteiger partial charge in [-0.15, -0.1) is 16.4 Å². The molecule has 0 N–H and O–H groups in total. The smallest absolute Gasteiger partial charge is 0.274 e. The van der Waals surface area contributed by atoms with Gasteiger partial charge < -0.3 is 0 Å². The molecule has 0 bridgehead atoms. The van der Waals surface area contributed by atoms with E-state index >= 15 is 0 Å². The van der Waals surface area contributed by atoms with E-state index in [0.717, 1.165) is 16.8 Å². The van der Waals surface area contributed by atoms with Crippen molar-refractivity contribution in [2.45, 2.75) is 27.3 Å². The number of rotatable bonds is 4. The molecule has 2 aromatic carbocycles. The molecule has 0 radical (unpaired) electrons. The summed E-state index contributed by atoms with van der Waals surface area (Å²) in [6.07, 6.45) is 0. The van der Waals surface area contributed by atoms with Crippen LogP contribution in [0.25, 0.3) is 10.9 Å². The minimum Gasteiger partial charge on any atom is -0.274 e. The van der Waals surface area contributed by atoms with E-state index in [0.29, 0.717) is 21.7 Å². The SMILES string of the molecule is CC(=O)N(c1ccc(C)c(C)c1)c1nc(Cn2nnc3ccccc3c2=O)cs1. The molecule has 0 aliphatic rings. The Hall–Kier alpha value is -3.39. The van der Waals surface area contributed by atoms with Crippen LogP contribution in [-0.4, -0.2) is 25.9 Å². The maximum absolute atomic E-state index is 12.6. The van der Waals surface area contributed by atoms with Gasteiger partial charge >= 0.3 is 0 Å². The lowest BCUT2D eigenvalue weighted by Crippen LogP contribution is -2.25. The van der Waals surface area contributed by atoms with Gasteiger partial charge in [-0.3, -0.25) is 14.5 Å². The highest BCUT2D eigenvalue weighted by atomic mass is 32.1. The third-order valence-electron chi connectivity index (χ3n) is 4.74. The maximum atomic E-state index is 12.6. The number of aromatic nitrogens is 4. The van der Waals surface area contributed by atoms with E-state index in [-0.39, 0.29) is 18.0 Å². The first-order valence-electron chi connectivity index (χ1n) is 9.09. The standard InChI is InChI=1S/C21H19N5O2S/c1-13-8-9-17(10-14(13)2)26(15(3)27)21-22-16(12-29-21)11-25-20(28)18-6-4-5-7-19(18)23-24-25/h4-10,12H,11H2,1-3H3. The van der Waals surface area contributed by atoms with Gasteiger partial charge in [0, 0.05) is 12.3 Å². The molecule has 2 aromatic heterocycles. The Morgan fingerprint density at radius 1 is 1.14 bits per heavy atom. The average Bonchev–Trinajstić information content (AvgIpc) is 3.15. The summed E-state index contributed by atoms with van der Waals surface area (Å²) < 4.78 is 1.29. The van der Waals surface area contributed by atoms with Crippen molar-refractivity contribution < 1.29 is 4.79 Å². The second-order valence-electron chi connectivity index (χ2n) is 6.81. The van der Waals surface area contributed by atoms with E-state index in [2.05, 4.69) is 15.3 Å². The minimum absolute atomic E-state index is 0.128. The summed E-state index contributed by atoms with van der Waals surface area (Å²) in [6, 6.07) is 13.0. The number of aryl methyl sites for hydroxylation is 2. The van der Waals surface area contributed by atoms with Crippen LogP contribution in [0.5, 0.6) is 0 Å². The number of hydrogen-bond donors (Lipinski definition) is 0. The molecule has 0 saturated carbocycles. The van der Waals surface area contributed by atoms with E-state index < -0.39 is 0 Å². The summed E-state index contributed by atoms with van der Waals surface area (Å²) in [5, 5.41) is 11.0. The van der Waals surface area contributed by atoms with Gasteiger partial charge in [0.1, 0.15) is 5.52 Å². The van der Waals surface area contributed by atoms with Gasteiger partial charge in [0.15, 0.2) is 5.13 Å². The first-order chi connectivity index (χ1) is 13.9. The molecule has 4 rings (SSSR count). The highest BCUT2D eigenvalue weighted by Gasteiger charge is 2.19. The summed E-state index contributed by atoms with van der Waals surface area (Å²) in [6.45, 7) is 5.73. The normalized spacial score (nSPS) is 11.0. The lowest BCUT2D eigenvalue weighted by Gasteiger charge is -2.19. The van der Waals surface area contributed by atoms with Crippen molar-refractivity contribution in [2.24, 2.45) is 0 Å². The molecule has 0 atom stereocenters. The summed E-state index contributed by atoms with van der Waals surface area (Å²) in [4.78, 5) is 31.1. The van der Waals surface area contributed by atoms with Crippen LogP contribution >= 0.6 is 11.3 Å². The Bertz CT molecular complexity index is 1280. The van der Waals surface area contributed by atoms with Crippen LogP contribution in [-0.2, 0) is 11.3 Å². The van der Waals surface area contributed by atoms with E-state index in [4.69, 9.17) is 0 Å². The molecule has 0 fully saturated rings. The Morgan fingerprint density at radius 2 is 1.93 bits per heavy atom. The van der Waals surface area contributed by atoms with Gasteiger partial charge in [-0.25, -0.2) is 9.67 Å². The third kappa shape index (κ3) is 3.66. The fraction of sp³-hybridized carbons (Fsp3) is 0.190. The number of carbonyl (C=O) groups is 1. The van der Waals surface area contributed by atoms with E-state index in [1.807, 2.05) is 43.5 Å². The molecule has 29 heavy (non-hydrogen) atoms. The zero-order chi connectivity index (χ0) is 20.5. The van der Waals surface area contributed by atoms with Crippen LogP contribution in [0.4, 0.5) is 10.8 Å². The van der Waals surface area contributed by atoms with E-state index in [9.17, 15) is 9.59 Å². The van der Waals surface area contributed by atoms with Crippen LogP contribution in [0.2, 0.25) is 0 Å². The average molecular weight is 405 g/mol. The van der Waals surface area contributed by atoms with Gasteiger partial charge in [0.2, 0.25) is 5.91 Å². The molecule has 0 spiro atoms. The van der Waals surface area contributed by atoms with Crippen molar-refractivity contribution in [1.82, 2.24) is 20.0 Å². The molecule has 1 amide bonds. The Morgan fingerprint density at radius 3 is 2.69 bits per heavy atom. The molecule has 0 aliphatic heterocycles. The molecule has 2 heterocycles. The fourth-order valence-electron chi connectivity index (χ4n) is 3.04. The van der Waals surface area contributed by atoms with Gasteiger partial charge in [-0.05, 0) is 49.2 Å². The second kappa shape index (κ2) is 7.56. The number of carbonyl (C=O) groups excluding carboxylic acids is 1. The summed E-state index contributed by atoms with van der Waals surface area (Å²) in [5.74, 6) is -0.128. The largest absolute Gasteiger partial charge is 0.277 e. The van der Waals surface area contributed by atoms with Crippen molar-refractivity contribution in [2.75, 3.05) is 4.90 Å². The summed E-state index contributed by atoms with van der Waals surface area (Å²) >= 11 is 1.35. The molecule has 4 aromatic rings. The van der Waals surface area contributed by atoms with Crippen molar-refractivity contribution in [3.05, 3.63) is 75.0 Å². The first-order valence-corrected chi connectivity index (χ1v) is 9.97. The molecule has 0 saturated heterocycles. The van der Waals surface area contributed by atoms with E-state index in [1.54, 1.807) is 23.1 Å². The molecule has 7 nitrogen and oxygen atoms in total. The highest BCUT2D eigenvalue weighted by Crippen LogP contribution is 2.30. The molecule has 0 unspecified atom stereocenters. The molecular weight excluding hydrogens is 386 g/mol. The third-order valence-corrected chi connectivity index (χ3v) is 5.61. The summed E-state index contributed by atoms with van der Waals surface area (Å²) in [5.41, 5.74) is 4.01. The van der Waals surface area contributed by atoms with Crippen LogP contribution in [0.1, 0.15) is 23.7 Å². The van der Waals surface area contributed by atoms with Crippen molar-refractivity contribution in [1.29, 1.82) is 0 Å². The highest BCUT2D eigenvalue weighted by molar-refractivity contribution is 7.14. The Labute approximate surface area is 171 Å². The van der Waals surface area contributed by atoms with Crippen LogP contribution < -0.4 is 10.5 Å². The molecule has 8 heteroatoms. The number of thiazole rings is 1. The number of benzene rings is 2. The maximum Gasteiger partial charge on any atom is 0.277 e. The number of hydrogen-bond acceptors (Lipinski definition) is 6. The topological polar surface area (TPSA) is 81.0 Å². The van der Waals surface area contributed by atoms with Gasteiger partial charge in [0.25, 0.3) is 5.56 Å². The minimum atomic E-state index is -0.220. The zero-order valence-corrected chi connectivity index (χ0v) is 17.1. The lowest BCUT2D eigenvalue weighted by molar-refractivity contribution is -0.115. The Balaban J connectivity index is 1.66. The number of nitrogens with zero attached hydrogens (tertiary/aromatic N) is 5. The molecule has 146 valence electrons. The van der Waals surface area contributed by atoms with Crippen molar-refractivity contribution in [3.63, 3.8) is 0 Å². The Kier molecular flexibility index (Phi) is 4.94. The second-order valence-corrected chi connectivity index (χ2v) is 7.65. The number of anilines is 2. The number of fused-ring (bicyclic) bond motifs is 1. The van der Waals surface area contributed by atoms with Crippen molar-refractivity contribution >= 4 is 39.0 Å². The fourth-order valence-corrected chi connectivity index (χ4v) is 3.92. The van der Waals surface area contributed by atoms with Gasteiger partial charge in [-0.2, -0.15) is 0 Å². The first kappa shape index (κ1) is 18.9. The van der Waals surface area contributed by atoms with Crippen LogP contribution in [0, 0.1) is 13.8 Å². The van der Waals surface area contributed by atoms with Gasteiger partial charge in [0.05, 0.1) is 23.3 Å². The summed E-state index contributed by atoms with van der Waals surface area (Å²) in [7, 11) is 0. The van der Waals surface area contributed by atoms with Gasteiger partial charge in [-0.1, -0.05) is 23.4 Å². The predicted molar refractivity (Wildman–Crippen MR) is 114 cm³/mol. The predicted octanol–water partition coefficient (Wildman–Crippen LogP) is 3.60. The van der Waals surface area contributed by atoms with E-state index in [1.165, 1.54) is 22.9 Å². The van der Waals surface area contributed by atoms with Crippen molar-refractivity contribution in [3.8, 4) is 0 Å². The van der Waals surface area contributed by atoms with Crippen LogP contribution in [0.15, 0.2) is 52.6 Å². The van der Waals surface area contributed by atoms with Crippen LogP contribution in [0.3, 0.4) is 0 Å². The molecular formula is C21H19N5O2S.